The van der Waals surface area contributed by atoms with Crippen molar-refractivity contribution in [3.63, 3.8) is 0 Å². The van der Waals surface area contributed by atoms with Gasteiger partial charge in [0.2, 0.25) is 9.84 Å². The average molecular weight is 459 g/mol. The van der Waals surface area contributed by atoms with E-state index in [0.29, 0.717) is 23.0 Å². The summed E-state index contributed by atoms with van der Waals surface area (Å²) in [6.45, 7) is 8.13. The van der Waals surface area contributed by atoms with Gasteiger partial charge in [-0.1, -0.05) is 12.1 Å². The third-order valence-electron chi connectivity index (χ3n) is 5.70. The Hall–Kier alpha value is -3.57. The molecule has 4 nitrogen and oxygen atoms in total. The fourth-order valence-electron chi connectivity index (χ4n) is 3.34. The molecule has 0 saturated heterocycles. The maximum absolute atomic E-state index is 13.1. The van der Waals surface area contributed by atoms with Crippen molar-refractivity contribution in [2.75, 3.05) is 0 Å². The van der Waals surface area contributed by atoms with Gasteiger partial charge in [0.05, 0.1) is 9.79 Å². The molecule has 4 rings (SSSR count). The van der Waals surface area contributed by atoms with E-state index in [9.17, 15) is 8.42 Å². The molecule has 4 aromatic carbocycles. The minimum Gasteiger partial charge on any atom is -0.457 e. The predicted molar refractivity (Wildman–Crippen MR) is 130 cm³/mol. The van der Waals surface area contributed by atoms with Crippen molar-refractivity contribution in [1.29, 1.82) is 0 Å². The molecule has 0 amide bonds. The molecule has 0 unspecified atom stereocenters. The van der Waals surface area contributed by atoms with E-state index in [2.05, 4.69) is 0 Å². The zero-order valence-electron chi connectivity index (χ0n) is 19.1. The lowest BCUT2D eigenvalue weighted by Gasteiger charge is -2.10. The smallest absolute Gasteiger partial charge is 0.206 e. The first-order chi connectivity index (χ1) is 15.7. The van der Waals surface area contributed by atoms with Crippen LogP contribution >= 0.6 is 0 Å². The molecule has 0 spiro atoms. The Kier molecular flexibility index (Phi) is 6.25. The Labute approximate surface area is 195 Å². The molecule has 4 aromatic rings. The van der Waals surface area contributed by atoms with Crippen molar-refractivity contribution in [2.45, 2.75) is 37.5 Å². The number of benzene rings is 4. The molecule has 33 heavy (non-hydrogen) atoms. The zero-order chi connectivity index (χ0) is 23.6. The van der Waals surface area contributed by atoms with Crippen LogP contribution in [-0.2, 0) is 9.84 Å². The molecule has 0 heterocycles. The first-order valence-corrected chi connectivity index (χ1v) is 12.2. The van der Waals surface area contributed by atoms with Crippen LogP contribution in [0.25, 0.3) is 0 Å². The maximum atomic E-state index is 13.1. The van der Waals surface area contributed by atoms with E-state index in [1.807, 2.05) is 64.1 Å². The number of aryl methyl sites for hydroxylation is 4. The summed E-state index contributed by atoms with van der Waals surface area (Å²) >= 11 is 0. The molecule has 0 atom stereocenters. The Bertz CT molecular complexity index is 1280. The molecule has 168 valence electrons. The molecule has 0 aliphatic carbocycles. The summed E-state index contributed by atoms with van der Waals surface area (Å²) < 4.78 is 37.8. The standard InChI is InChI=1S/C28H26O4S/c1-19-5-7-25(17-21(19)3)31-23-9-13-27(14-10-23)33(29,30)28-15-11-24(12-16-28)32-26-8-6-20(2)22(4)18-26/h5-18H,1-4H3. The van der Waals surface area contributed by atoms with Gasteiger partial charge in [0.1, 0.15) is 23.0 Å². The number of hydrogen-bond donors (Lipinski definition) is 0. The fourth-order valence-corrected chi connectivity index (χ4v) is 4.60. The highest BCUT2D eigenvalue weighted by atomic mass is 32.2. The topological polar surface area (TPSA) is 52.6 Å². The van der Waals surface area contributed by atoms with Crippen LogP contribution in [0.2, 0.25) is 0 Å². The number of ether oxygens (including phenoxy) is 2. The summed E-state index contributed by atoms with van der Waals surface area (Å²) in [6.07, 6.45) is 0. The Morgan fingerprint density at radius 1 is 0.455 bits per heavy atom. The molecule has 5 heteroatoms. The van der Waals surface area contributed by atoms with Crippen LogP contribution < -0.4 is 9.47 Å². The second-order valence-corrected chi connectivity index (χ2v) is 10.1. The monoisotopic (exact) mass is 458 g/mol. The summed E-state index contributed by atoms with van der Waals surface area (Å²) in [6, 6.07) is 24.6. The first kappa shape index (κ1) is 22.6. The lowest BCUT2D eigenvalue weighted by atomic mass is 10.1. The summed E-state index contributed by atoms with van der Waals surface area (Å²) in [5.41, 5.74) is 4.65. The van der Waals surface area contributed by atoms with E-state index < -0.39 is 9.84 Å². The van der Waals surface area contributed by atoms with Crippen molar-refractivity contribution in [3.05, 3.63) is 107 Å². The van der Waals surface area contributed by atoms with Gasteiger partial charge >= 0.3 is 0 Å². The summed E-state index contributed by atoms with van der Waals surface area (Å²) in [7, 11) is -3.65. The van der Waals surface area contributed by atoms with Crippen molar-refractivity contribution in [1.82, 2.24) is 0 Å². The largest absolute Gasteiger partial charge is 0.457 e. The van der Waals surface area contributed by atoms with E-state index in [1.165, 1.54) is 11.1 Å². The minimum atomic E-state index is -3.65. The average Bonchev–Trinajstić information content (AvgIpc) is 2.80. The van der Waals surface area contributed by atoms with Gasteiger partial charge in [0, 0.05) is 0 Å². The van der Waals surface area contributed by atoms with Gasteiger partial charge in [-0.2, -0.15) is 0 Å². The molecule has 0 aliphatic heterocycles. The molecule has 0 bridgehead atoms. The molecule has 0 radical (unpaired) electrons. The number of sulfone groups is 1. The predicted octanol–water partition coefficient (Wildman–Crippen LogP) is 7.34. The highest BCUT2D eigenvalue weighted by Gasteiger charge is 2.18. The van der Waals surface area contributed by atoms with E-state index in [1.54, 1.807) is 48.5 Å². The van der Waals surface area contributed by atoms with E-state index in [0.717, 1.165) is 11.1 Å². The molecular weight excluding hydrogens is 432 g/mol. The van der Waals surface area contributed by atoms with Crippen molar-refractivity contribution < 1.29 is 17.9 Å². The summed E-state index contributed by atoms with van der Waals surface area (Å²) in [4.78, 5) is 0.413. The lowest BCUT2D eigenvalue weighted by Crippen LogP contribution is -2.02. The van der Waals surface area contributed by atoms with Crippen LogP contribution in [0.3, 0.4) is 0 Å². The molecule has 0 aliphatic rings. The first-order valence-electron chi connectivity index (χ1n) is 10.7. The van der Waals surface area contributed by atoms with Crippen LogP contribution in [0.1, 0.15) is 22.3 Å². The van der Waals surface area contributed by atoms with Crippen LogP contribution in [0.15, 0.2) is 94.7 Å². The highest BCUT2D eigenvalue weighted by molar-refractivity contribution is 7.91. The zero-order valence-corrected chi connectivity index (χ0v) is 19.9. The van der Waals surface area contributed by atoms with E-state index in [-0.39, 0.29) is 9.79 Å². The van der Waals surface area contributed by atoms with Gasteiger partial charge in [0.15, 0.2) is 0 Å². The second-order valence-electron chi connectivity index (χ2n) is 8.14. The Morgan fingerprint density at radius 3 is 1.12 bits per heavy atom. The van der Waals surface area contributed by atoms with Crippen LogP contribution in [0.4, 0.5) is 0 Å². The second kappa shape index (κ2) is 9.12. The van der Waals surface area contributed by atoms with Crippen molar-refractivity contribution >= 4 is 9.84 Å². The van der Waals surface area contributed by atoms with Crippen LogP contribution in [0, 0.1) is 27.7 Å². The number of hydrogen-bond acceptors (Lipinski definition) is 4. The number of rotatable bonds is 6. The van der Waals surface area contributed by atoms with Crippen LogP contribution in [-0.4, -0.2) is 8.42 Å². The summed E-state index contributed by atoms with van der Waals surface area (Å²) in [5, 5.41) is 0. The maximum Gasteiger partial charge on any atom is 0.206 e. The molecule has 0 N–H and O–H groups in total. The van der Waals surface area contributed by atoms with E-state index in [4.69, 9.17) is 9.47 Å². The van der Waals surface area contributed by atoms with Gasteiger partial charge in [0.25, 0.3) is 0 Å². The Morgan fingerprint density at radius 2 is 0.788 bits per heavy atom. The SMILES string of the molecule is Cc1ccc(Oc2ccc(S(=O)(=O)c3ccc(Oc4ccc(C)c(C)c4)cc3)cc2)cc1C. The summed E-state index contributed by atoms with van der Waals surface area (Å²) in [5.74, 6) is 2.59. The van der Waals surface area contributed by atoms with Crippen molar-refractivity contribution in [2.24, 2.45) is 0 Å². The normalized spacial score (nSPS) is 11.3. The van der Waals surface area contributed by atoms with Crippen LogP contribution in [0.5, 0.6) is 23.0 Å². The quantitative estimate of drug-likeness (QED) is 0.303. The van der Waals surface area contributed by atoms with Gasteiger partial charge in [-0.15, -0.1) is 0 Å². The van der Waals surface area contributed by atoms with Gasteiger partial charge in [-0.05, 0) is 123 Å². The lowest BCUT2D eigenvalue weighted by molar-refractivity contribution is 0.481. The van der Waals surface area contributed by atoms with Gasteiger partial charge < -0.3 is 9.47 Å². The minimum absolute atomic E-state index is 0.206. The molecular formula is C28H26O4S. The fraction of sp³-hybridized carbons (Fsp3) is 0.143. The van der Waals surface area contributed by atoms with Gasteiger partial charge in [-0.25, -0.2) is 8.42 Å². The van der Waals surface area contributed by atoms with Crippen molar-refractivity contribution in [3.8, 4) is 23.0 Å². The molecule has 0 fully saturated rings. The third-order valence-corrected chi connectivity index (χ3v) is 7.48. The van der Waals surface area contributed by atoms with E-state index >= 15 is 0 Å². The third kappa shape index (κ3) is 5.10. The molecule has 0 saturated carbocycles. The molecule has 0 aromatic heterocycles. The Balaban J connectivity index is 1.49. The van der Waals surface area contributed by atoms with Gasteiger partial charge in [-0.3, -0.25) is 0 Å². The highest BCUT2D eigenvalue weighted by Crippen LogP contribution is 2.29.